The summed E-state index contributed by atoms with van der Waals surface area (Å²) in [6, 6.07) is 0. The maximum absolute atomic E-state index is 11.5. The standard InChI is InChI=1S/C11H16O2S/c1-4-8-9(11(12)13-6-3)7-14-10(8)5-2/h7H,4-6H2,1-3H3. The van der Waals surface area contributed by atoms with E-state index in [1.807, 2.05) is 12.3 Å². The molecule has 1 aromatic heterocycles. The number of ether oxygens (including phenoxy) is 1. The van der Waals surface area contributed by atoms with E-state index in [-0.39, 0.29) is 5.97 Å². The Bertz CT molecular complexity index is 315. The summed E-state index contributed by atoms with van der Waals surface area (Å²) in [5, 5.41) is 1.91. The molecule has 0 aromatic carbocycles. The highest BCUT2D eigenvalue weighted by atomic mass is 32.1. The Morgan fingerprint density at radius 2 is 2.07 bits per heavy atom. The average molecular weight is 212 g/mol. The zero-order valence-electron chi connectivity index (χ0n) is 8.92. The van der Waals surface area contributed by atoms with Gasteiger partial charge < -0.3 is 4.74 Å². The SMILES string of the molecule is CCOC(=O)c1csc(CC)c1CC. The van der Waals surface area contributed by atoms with Crippen molar-refractivity contribution in [1.82, 2.24) is 0 Å². The van der Waals surface area contributed by atoms with Gasteiger partial charge in [0.15, 0.2) is 0 Å². The summed E-state index contributed by atoms with van der Waals surface area (Å²) < 4.78 is 5.00. The number of thiophene rings is 1. The zero-order chi connectivity index (χ0) is 10.6. The number of esters is 1. The van der Waals surface area contributed by atoms with Crippen LogP contribution in [0.2, 0.25) is 0 Å². The van der Waals surface area contributed by atoms with Crippen molar-refractivity contribution in [2.75, 3.05) is 6.61 Å². The van der Waals surface area contributed by atoms with E-state index in [4.69, 9.17) is 4.74 Å². The predicted octanol–water partition coefficient (Wildman–Crippen LogP) is 3.05. The number of hydrogen-bond donors (Lipinski definition) is 0. The maximum atomic E-state index is 11.5. The van der Waals surface area contributed by atoms with Gasteiger partial charge in [-0.05, 0) is 25.3 Å². The van der Waals surface area contributed by atoms with Crippen molar-refractivity contribution in [3.05, 3.63) is 21.4 Å². The smallest absolute Gasteiger partial charge is 0.339 e. The number of aryl methyl sites for hydroxylation is 1. The molecule has 0 aliphatic heterocycles. The van der Waals surface area contributed by atoms with Gasteiger partial charge in [0.25, 0.3) is 0 Å². The van der Waals surface area contributed by atoms with Crippen molar-refractivity contribution in [3.63, 3.8) is 0 Å². The molecule has 78 valence electrons. The molecule has 0 radical (unpaired) electrons. The minimum Gasteiger partial charge on any atom is -0.462 e. The third-order valence-corrected chi connectivity index (χ3v) is 3.32. The van der Waals surface area contributed by atoms with Gasteiger partial charge in [-0.1, -0.05) is 13.8 Å². The molecular weight excluding hydrogens is 196 g/mol. The second-order valence-corrected chi connectivity index (χ2v) is 3.94. The molecule has 0 unspecified atom stereocenters. The molecule has 1 rings (SSSR count). The van der Waals surface area contributed by atoms with Crippen LogP contribution in [0, 0.1) is 0 Å². The van der Waals surface area contributed by atoms with E-state index in [1.54, 1.807) is 11.3 Å². The predicted molar refractivity (Wildman–Crippen MR) is 59.0 cm³/mol. The molecule has 0 aliphatic carbocycles. The van der Waals surface area contributed by atoms with Gasteiger partial charge in [-0.2, -0.15) is 0 Å². The van der Waals surface area contributed by atoms with E-state index < -0.39 is 0 Å². The first-order valence-corrected chi connectivity index (χ1v) is 5.88. The first-order chi connectivity index (χ1) is 6.74. The van der Waals surface area contributed by atoms with Gasteiger partial charge in [-0.25, -0.2) is 4.79 Å². The van der Waals surface area contributed by atoms with Gasteiger partial charge in [-0.15, -0.1) is 11.3 Å². The Morgan fingerprint density at radius 3 is 2.57 bits per heavy atom. The maximum Gasteiger partial charge on any atom is 0.339 e. The van der Waals surface area contributed by atoms with Gasteiger partial charge in [0.2, 0.25) is 0 Å². The van der Waals surface area contributed by atoms with Crippen LogP contribution in [-0.2, 0) is 17.6 Å². The molecule has 14 heavy (non-hydrogen) atoms. The quantitative estimate of drug-likeness (QED) is 0.717. The fraction of sp³-hybridized carbons (Fsp3) is 0.545. The van der Waals surface area contributed by atoms with Crippen molar-refractivity contribution in [1.29, 1.82) is 0 Å². The summed E-state index contributed by atoms with van der Waals surface area (Å²) in [7, 11) is 0. The summed E-state index contributed by atoms with van der Waals surface area (Å²) in [4.78, 5) is 12.8. The van der Waals surface area contributed by atoms with Crippen LogP contribution in [0.1, 0.15) is 41.6 Å². The molecule has 0 fully saturated rings. The molecule has 1 heterocycles. The van der Waals surface area contributed by atoms with Crippen LogP contribution in [0.3, 0.4) is 0 Å². The van der Waals surface area contributed by atoms with Crippen LogP contribution < -0.4 is 0 Å². The zero-order valence-corrected chi connectivity index (χ0v) is 9.74. The summed E-state index contributed by atoms with van der Waals surface area (Å²) in [6.45, 7) is 6.46. The van der Waals surface area contributed by atoms with E-state index in [0.717, 1.165) is 24.0 Å². The van der Waals surface area contributed by atoms with Gasteiger partial charge >= 0.3 is 5.97 Å². The number of hydrogen-bond acceptors (Lipinski definition) is 3. The lowest BCUT2D eigenvalue weighted by molar-refractivity contribution is 0.0526. The normalized spacial score (nSPS) is 10.2. The Labute approximate surface area is 88.9 Å². The van der Waals surface area contributed by atoms with E-state index >= 15 is 0 Å². The first kappa shape index (κ1) is 11.2. The van der Waals surface area contributed by atoms with E-state index in [9.17, 15) is 4.79 Å². The summed E-state index contributed by atoms with van der Waals surface area (Å²) >= 11 is 1.65. The van der Waals surface area contributed by atoms with Crippen LogP contribution in [0.5, 0.6) is 0 Å². The molecule has 0 saturated heterocycles. The lowest BCUT2D eigenvalue weighted by atomic mass is 10.1. The molecule has 0 aliphatic rings. The lowest BCUT2D eigenvalue weighted by Gasteiger charge is -2.03. The highest BCUT2D eigenvalue weighted by molar-refractivity contribution is 7.10. The molecule has 0 spiro atoms. The Kier molecular flexibility index (Phi) is 4.14. The van der Waals surface area contributed by atoms with Gasteiger partial charge in [-0.3, -0.25) is 0 Å². The molecule has 0 bridgehead atoms. The Balaban J connectivity index is 2.96. The minimum atomic E-state index is -0.180. The largest absolute Gasteiger partial charge is 0.462 e. The van der Waals surface area contributed by atoms with Crippen molar-refractivity contribution in [2.45, 2.75) is 33.6 Å². The monoisotopic (exact) mass is 212 g/mol. The van der Waals surface area contributed by atoms with Gasteiger partial charge in [0, 0.05) is 10.3 Å². The van der Waals surface area contributed by atoms with Crippen LogP contribution in [-0.4, -0.2) is 12.6 Å². The van der Waals surface area contributed by atoms with Crippen LogP contribution in [0.25, 0.3) is 0 Å². The third-order valence-electron chi connectivity index (χ3n) is 2.15. The Hall–Kier alpha value is -0.830. The second kappa shape index (κ2) is 5.15. The first-order valence-electron chi connectivity index (χ1n) is 5.00. The highest BCUT2D eigenvalue weighted by Gasteiger charge is 2.15. The molecule has 0 saturated carbocycles. The van der Waals surface area contributed by atoms with Crippen LogP contribution in [0.15, 0.2) is 5.38 Å². The van der Waals surface area contributed by atoms with E-state index in [2.05, 4.69) is 13.8 Å². The van der Waals surface area contributed by atoms with E-state index in [0.29, 0.717) is 6.61 Å². The van der Waals surface area contributed by atoms with Crippen molar-refractivity contribution in [2.24, 2.45) is 0 Å². The molecule has 3 heteroatoms. The topological polar surface area (TPSA) is 26.3 Å². The Morgan fingerprint density at radius 1 is 1.36 bits per heavy atom. The summed E-state index contributed by atoms with van der Waals surface area (Å²) in [5.74, 6) is -0.180. The second-order valence-electron chi connectivity index (χ2n) is 2.98. The minimum absolute atomic E-state index is 0.180. The van der Waals surface area contributed by atoms with Crippen molar-refractivity contribution in [3.8, 4) is 0 Å². The highest BCUT2D eigenvalue weighted by Crippen LogP contribution is 2.24. The molecule has 0 N–H and O–H groups in total. The molecule has 0 amide bonds. The molecule has 0 atom stereocenters. The van der Waals surface area contributed by atoms with E-state index in [1.165, 1.54) is 4.88 Å². The van der Waals surface area contributed by atoms with Crippen molar-refractivity contribution >= 4 is 17.3 Å². The number of rotatable bonds is 4. The molecule has 2 nitrogen and oxygen atoms in total. The molecule has 1 aromatic rings. The van der Waals surface area contributed by atoms with Crippen LogP contribution >= 0.6 is 11.3 Å². The fourth-order valence-electron chi connectivity index (χ4n) is 1.49. The van der Waals surface area contributed by atoms with Crippen LogP contribution in [0.4, 0.5) is 0 Å². The average Bonchev–Trinajstić information content (AvgIpc) is 2.60. The summed E-state index contributed by atoms with van der Waals surface area (Å²) in [6.07, 6.45) is 1.90. The number of carbonyl (C=O) groups is 1. The lowest BCUT2D eigenvalue weighted by Crippen LogP contribution is -2.06. The summed E-state index contributed by atoms with van der Waals surface area (Å²) in [5.41, 5.74) is 1.92. The van der Waals surface area contributed by atoms with Gasteiger partial charge in [0.1, 0.15) is 0 Å². The third kappa shape index (κ3) is 2.15. The number of carbonyl (C=O) groups excluding carboxylic acids is 1. The molecular formula is C11H16O2S. The van der Waals surface area contributed by atoms with Crippen molar-refractivity contribution < 1.29 is 9.53 Å². The fourth-order valence-corrected chi connectivity index (χ4v) is 2.55. The van der Waals surface area contributed by atoms with Gasteiger partial charge in [0.05, 0.1) is 12.2 Å².